The van der Waals surface area contributed by atoms with E-state index < -0.39 is 0 Å². The van der Waals surface area contributed by atoms with Crippen molar-refractivity contribution in [1.82, 2.24) is 15.4 Å². The summed E-state index contributed by atoms with van der Waals surface area (Å²) in [5.74, 6) is 5.29. The highest BCUT2D eigenvalue weighted by Gasteiger charge is 2.15. The summed E-state index contributed by atoms with van der Waals surface area (Å²) in [6.07, 6.45) is 4.81. The lowest BCUT2D eigenvalue weighted by molar-refractivity contribution is 0.610. The Balaban J connectivity index is 2.42. The van der Waals surface area contributed by atoms with Crippen LogP contribution in [0.3, 0.4) is 0 Å². The first kappa shape index (κ1) is 11.6. The van der Waals surface area contributed by atoms with Gasteiger partial charge in [0.2, 0.25) is 0 Å². The summed E-state index contributed by atoms with van der Waals surface area (Å²) in [5.41, 5.74) is 5.27. The first-order valence-electron chi connectivity index (χ1n) is 5.19. The lowest BCUT2D eigenvalue weighted by Gasteiger charge is -2.18. The smallest absolute Gasteiger partial charge is 0.123 e. The molecule has 0 bridgehead atoms. The van der Waals surface area contributed by atoms with Crippen LogP contribution in [0, 0.1) is 12.7 Å². The number of hydrogen-bond acceptors (Lipinski definition) is 4. The van der Waals surface area contributed by atoms with Gasteiger partial charge in [0.15, 0.2) is 0 Å². The number of hydrazine groups is 1. The minimum absolute atomic E-state index is 0.239. The predicted octanol–water partition coefficient (Wildman–Crippen LogP) is 1.48. The minimum atomic E-state index is -0.258. The summed E-state index contributed by atoms with van der Waals surface area (Å²) in [7, 11) is 0. The molecule has 17 heavy (non-hydrogen) atoms. The molecule has 1 atom stereocenters. The largest absolute Gasteiger partial charge is 0.271 e. The Hall–Kier alpha value is -1.85. The van der Waals surface area contributed by atoms with Crippen LogP contribution in [0.5, 0.6) is 0 Å². The van der Waals surface area contributed by atoms with Crippen molar-refractivity contribution >= 4 is 0 Å². The molecule has 4 nitrogen and oxygen atoms in total. The first-order chi connectivity index (χ1) is 8.22. The molecule has 0 saturated carbocycles. The van der Waals surface area contributed by atoms with E-state index in [0.717, 1.165) is 16.7 Å². The van der Waals surface area contributed by atoms with Crippen molar-refractivity contribution in [2.45, 2.75) is 13.0 Å². The Morgan fingerprint density at radius 1 is 1.29 bits per heavy atom. The molecule has 1 aromatic carbocycles. The number of rotatable bonds is 3. The van der Waals surface area contributed by atoms with E-state index >= 15 is 0 Å². The van der Waals surface area contributed by atoms with Crippen LogP contribution in [0.15, 0.2) is 36.9 Å². The summed E-state index contributed by atoms with van der Waals surface area (Å²) in [5, 5.41) is 0. The van der Waals surface area contributed by atoms with Crippen LogP contribution in [0.25, 0.3) is 0 Å². The van der Waals surface area contributed by atoms with Gasteiger partial charge in [-0.1, -0.05) is 6.07 Å². The van der Waals surface area contributed by atoms with Crippen LogP contribution in [-0.2, 0) is 0 Å². The molecule has 0 radical (unpaired) electrons. The fourth-order valence-corrected chi connectivity index (χ4v) is 1.79. The normalized spacial score (nSPS) is 12.4. The van der Waals surface area contributed by atoms with E-state index in [2.05, 4.69) is 15.4 Å². The molecule has 1 unspecified atom stereocenters. The Morgan fingerprint density at radius 3 is 2.59 bits per heavy atom. The van der Waals surface area contributed by atoms with E-state index in [0.29, 0.717) is 0 Å². The van der Waals surface area contributed by atoms with Gasteiger partial charge in [-0.05, 0) is 30.2 Å². The molecule has 0 fully saturated rings. The van der Waals surface area contributed by atoms with E-state index in [-0.39, 0.29) is 11.9 Å². The van der Waals surface area contributed by atoms with Crippen LogP contribution in [-0.4, -0.2) is 9.97 Å². The predicted molar refractivity (Wildman–Crippen MR) is 62.3 cm³/mol. The summed E-state index contributed by atoms with van der Waals surface area (Å²) in [6.45, 7) is 1.84. The molecule has 2 aromatic rings. The number of hydrogen-bond donors (Lipinski definition) is 2. The average molecular weight is 232 g/mol. The maximum Gasteiger partial charge on any atom is 0.123 e. The topological polar surface area (TPSA) is 63.8 Å². The number of nitrogens with two attached hydrogens (primary N) is 1. The van der Waals surface area contributed by atoms with Gasteiger partial charge in [-0.2, -0.15) is 0 Å². The number of aryl methyl sites for hydroxylation is 1. The van der Waals surface area contributed by atoms with E-state index in [1.54, 1.807) is 18.5 Å². The quantitative estimate of drug-likeness (QED) is 0.621. The first-order valence-corrected chi connectivity index (χ1v) is 5.19. The fraction of sp³-hybridized carbons (Fsp3) is 0.167. The molecule has 1 heterocycles. The zero-order valence-electron chi connectivity index (χ0n) is 9.39. The lowest BCUT2D eigenvalue weighted by Crippen LogP contribution is -2.29. The molecule has 0 aliphatic carbocycles. The Kier molecular flexibility index (Phi) is 3.41. The van der Waals surface area contributed by atoms with Crippen molar-refractivity contribution in [2.75, 3.05) is 0 Å². The summed E-state index contributed by atoms with van der Waals surface area (Å²) in [6, 6.07) is 4.36. The summed E-state index contributed by atoms with van der Waals surface area (Å²) >= 11 is 0. The number of halogens is 1. The van der Waals surface area contributed by atoms with E-state index in [1.807, 2.05) is 6.92 Å². The maximum atomic E-state index is 13.0. The highest BCUT2D eigenvalue weighted by molar-refractivity contribution is 5.35. The highest BCUT2D eigenvalue weighted by atomic mass is 19.1. The van der Waals surface area contributed by atoms with Gasteiger partial charge < -0.3 is 0 Å². The molecule has 0 spiro atoms. The number of nitrogens with zero attached hydrogens (tertiary/aromatic N) is 2. The van der Waals surface area contributed by atoms with Gasteiger partial charge >= 0.3 is 0 Å². The third-order valence-corrected chi connectivity index (χ3v) is 2.62. The van der Waals surface area contributed by atoms with Crippen LogP contribution >= 0.6 is 0 Å². The van der Waals surface area contributed by atoms with Crippen molar-refractivity contribution < 1.29 is 4.39 Å². The summed E-state index contributed by atoms with van der Waals surface area (Å²) in [4.78, 5) is 7.89. The Labute approximate surface area is 98.7 Å². The van der Waals surface area contributed by atoms with Gasteiger partial charge in [0.25, 0.3) is 0 Å². The molecule has 3 N–H and O–H groups in total. The third-order valence-electron chi connectivity index (χ3n) is 2.62. The molecule has 5 heteroatoms. The van der Waals surface area contributed by atoms with Gasteiger partial charge in [-0.15, -0.1) is 0 Å². The van der Waals surface area contributed by atoms with Crippen LogP contribution in [0.2, 0.25) is 0 Å². The minimum Gasteiger partial charge on any atom is -0.271 e. The number of aromatic nitrogens is 2. The molecule has 0 amide bonds. The molecule has 0 aliphatic heterocycles. The van der Waals surface area contributed by atoms with Gasteiger partial charge in [0.1, 0.15) is 12.1 Å². The second-order valence-electron chi connectivity index (χ2n) is 3.77. The molecule has 0 saturated heterocycles. The van der Waals surface area contributed by atoms with Crippen molar-refractivity contribution in [3.05, 3.63) is 59.4 Å². The van der Waals surface area contributed by atoms with Crippen LogP contribution in [0.1, 0.15) is 22.7 Å². The molecule has 1 aromatic heterocycles. The molecule has 0 aliphatic rings. The van der Waals surface area contributed by atoms with Crippen molar-refractivity contribution in [2.24, 2.45) is 5.84 Å². The number of nitrogens with one attached hydrogen (secondary N) is 1. The Morgan fingerprint density at radius 2 is 2.00 bits per heavy atom. The van der Waals surface area contributed by atoms with E-state index in [4.69, 9.17) is 5.84 Å². The maximum absolute atomic E-state index is 13.0. The van der Waals surface area contributed by atoms with Gasteiger partial charge in [-0.3, -0.25) is 5.84 Å². The van der Waals surface area contributed by atoms with Crippen molar-refractivity contribution in [3.8, 4) is 0 Å². The van der Waals surface area contributed by atoms with Crippen LogP contribution in [0.4, 0.5) is 4.39 Å². The van der Waals surface area contributed by atoms with E-state index in [1.165, 1.54) is 18.5 Å². The fourth-order valence-electron chi connectivity index (χ4n) is 1.79. The molecule has 2 rings (SSSR count). The molecular weight excluding hydrogens is 219 g/mol. The standard InChI is InChI=1S/C12H13FN4/c1-8-4-10(13)2-3-11(8)12(17-14)9-5-15-7-16-6-9/h2-7,12,17H,14H2,1H3. The third kappa shape index (κ3) is 2.46. The molecular formula is C12H13FN4. The summed E-state index contributed by atoms with van der Waals surface area (Å²) < 4.78 is 13.0. The zero-order valence-corrected chi connectivity index (χ0v) is 9.39. The van der Waals surface area contributed by atoms with Crippen LogP contribution < -0.4 is 11.3 Å². The monoisotopic (exact) mass is 232 g/mol. The van der Waals surface area contributed by atoms with Gasteiger partial charge in [-0.25, -0.2) is 19.8 Å². The van der Waals surface area contributed by atoms with E-state index in [9.17, 15) is 4.39 Å². The second-order valence-corrected chi connectivity index (χ2v) is 3.77. The number of benzene rings is 1. The van der Waals surface area contributed by atoms with Gasteiger partial charge in [0, 0.05) is 18.0 Å². The van der Waals surface area contributed by atoms with Crippen molar-refractivity contribution in [3.63, 3.8) is 0 Å². The zero-order chi connectivity index (χ0) is 12.3. The SMILES string of the molecule is Cc1cc(F)ccc1C(NN)c1cncnc1. The van der Waals surface area contributed by atoms with Crippen molar-refractivity contribution in [1.29, 1.82) is 0 Å². The lowest BCUT2D eigenvalue weighted by atomic mass is 9.97. The second kappa shape index (κ2) is 4.99. The average Bonchev–Trinajstić information content (AvgIpc) is 2.34. The Bertz CT molecular complexity index is 501. The highest BCUT2D eigenvalue weighted by Crippen LogP contribution is 2.23. The van der Waals surface area contributed by atoms with Gasteiger partial charge in [0.05, 0.1) is 6.04 Å². The molecule has 88 valence electrons.